The van der Waals surface area contributed by atoms with Crippen molar-refractivity contribution >= 4 is 8.32 Å². The number of hydrogen-bond donors (Lipinski definition) is 0. The Morgan fingerprint density at radius 3 is 1.35 bits per heavy atom. The van der Waals surface area contributed by atoms with Gasteiger partial charge in [-0.3, -0.25) is 0 Å². The molecule has 23 heavy (non-hydrogen) atoms. The zero-order chi connectivity index (χ0) is 18.1. The molecule has 0 spiro atoms. The van der Waals surface area contributed by atoms with Crippen LogP contribution < -0.4 is 0 Å². The maximum atomic E-state index is 6.06. The fraction of sp³-hybridized carbons (Fsp3) is 1.00. The lowest BCUT2D eigenvalue weighted by atomic mass is 9.79. The molecule has 1 unspecified atom stereocenters. The summed E-state index contributed by atoms with van der Waals surface area (Å²) in [5.74, 6) is 0. The average molecular weight is 346 g/mol. The predicted molar refractivity (Wildman–Crippen MR) is 106 cm³/mol. The molecule has 0 bridgehead atoms. The van der Waals surface area contributed by atoms with Crippen molar-refractivity contribution in [3.8, 4) is 0 Å². The first kappa shape index (κ1) is 23.1. The lowest BCUT2D eigenvalue weighted by Gasteiger charge is -2.42. The van der Waals surface area contributed by atoms with Crippen LogP contribution in [0.1, 0.15) is 26.2 Å². The maximum Gasteiger partial charge on any atom is 0.189 e. The summed E-state index contributed by atoms with van der Waals surface area (Å²) in [5.41, 5.74) is 0.395. The zero-order valence-corrected chi connectivity index (χ0v) is 18.4. The summed E-state index contributed by atoms with van der Waals surface area (Å²) >= 11 is 0. The van der Waals surface area contributed by atoms with E-state index in [2.05, 4.69) is 70.5 Å². The Hall–Kier alpha value is 0.0569. The molecule has 0 fully saturated rings. The van der Waals surface area contributed by atoms with Gasteiger partial charge in [0.25, 0.3) is 0 Å². The van der Waals surface area contributed by atoms with Crippen LogP contribution in [-0.2, 0) is 4.43 Å². The number of hydrogen-bond acceptors (Lipinski definition) is 4. The molecule has 1 atom stereocenters. The fourth-order valence-electron chi connectivity index (χ4n) is 3.16. The van der Waals surface area contributed by atoms with E-state index in [0.717, 1.165) is 0 Å². The molecule has 4 nitrogen and oxygen atoms in total. The predicted octanol–water partition coefficient (Wildman–Crippen LogP) is 3.07. The van der Waals surface area contributed by atoms with E-state index in [4.69, 9.17) is 4.43 Å². The Bertz CT molecular complexity index is 273. The Kier molecular flexibility index (Phi) is 10.9. The molecule has 0 aliphatic carbocycles. The van der Waals surface area contributed by atoms with Crippen molar-refractivity contribution in [2.24, 2.45) is 5.41 Å². The van der Waals surface area contributed by atoms with Gasteiger partial charge in [0, 0.05) is 7.11 Å². The van der Waals surface area contributed by atoms with E-state index in [-0.39, 0.29) is 0 Å². The molecule has 0 N–H and O–H groups in total. The summed E-state index contributed by atoms with van der Waals surface area (Å²) < 4.78 is 6.06. The van der Waals surface area contributed by atoms with Crippen LogP contribution in [0.3, 0.4) is 0 Å². The topological polar surface area (TPSA) is 19.0 Å². The highest BCUT2D eigenvalue weighted by Gasteiger charge is 2.39. The van der Waals surface area contributed by atoms with Gasteiger partial charge in [0.05, 0.1) is 0 Å². The second kappa shape index (κ2) is 10.8. The molecule has 0 amide bonds. The molecule has 0 rings (SSSR count). The highest BCUT2D eigenvalue weighted by Crippen LogP contribution is 2.41. The molecule has 0 radical (unpaired) electrons. The Morgan fingerprint density at radius 2 is 1.13 bits per heavy atom. The van der Waals surface area contributed by atoms with Crippen LogP contribution in [0.5, 0.6) is 0 Å². The van der Waals surface area contributed by atoms with Crippen LogP contribution in [0.4, 0.5) is 0 Å². The van der Waals surface area contributed by atoms with Crippen molar-refractivity contribution in [3.05, 3.63) is 0 Å². The molecule has 0 aromatic heterocycles. The van der Waals surface area contributed by atoms with Crippen LogP contribution in [0, 0.1) is 5.41 Å². The van der Waals surface area contributed by atoms with Gasteiger partial charge in [0.15, 0.2) is 8.32 Å². The van der Waals surface area contributed by atoms with E-state index in [9.17, 15) is 0 Å². The summed E-state index contributed by atoms with van der Waals surface area (Å²) in [6, 6.07) is 2.49. The molecule has 0 aliphatic rings. The highest BCUT2D eigenvalue weighted by molar-refractivity contribution is 6.72. The lowest BCUT2D eigenvalue weighted by molar-refractivity contribution is 0.167. The van der Waals surface area contributed by atoms with Gasteiger partial charge in [-0.05, 0) is 105 Å². The molecule has 140 valence electrons. The molecule has 0 aromatic carbocycles. The third kappa shape index (κ3) is 9.82. The Balaban J connectivity index is 5.31. The van der Waals surface area contributed by atoms with Crippen molar-refractivity contribution in [1.29, 1.82) is 0 Å². The largest absolute Gasteiger partial charge is 0.420 e. The van der Waals surface area contributed by atoms with E-state index in [1.165, 1.54) is 51.0 Å². The first-order chi connectivity index (χ1) is 10.6. The van der Waals surface area contributed by atoms with E-state index in [0.29, 0.717) is 5.41 Å². The minimum absolute atomic E-state index is 0.395. The third-order valence-electron chi connectivity index (χ3n) is 5.26. The van der Waals surface area contributed by atoms with Crippen molar-refractivity contribution in [3.63, 3.8) is 0 Å². The van der Waals surface area contributed by atoms with Gasteiger partial charge in [0.2, 0.25) is 0 Å². The first-order valence-electron chi connectivity index (χ1n) is 9.07. The van der Waals surface area contributed by atoms with Crippen molar-refractivity contribution in [2.45, 2.75) is 44.8 Å². The van der Waals surface area contributed by atoms with Gasteiger partial charge >= 0.3 is 0 Å². The highest BCUT2D eigenvalue weighted by atomic mass is 28.4. The average Bonchev–Trinajstić information content (AvgIpc) is 2.48. The van der Waals surface area contributed by atoms with Gasteiger partial charge in [0.1, 0.15) is 0 Å². The summed E-state index contributed by atoms with van der Waals surface area (Å²) in [5, 5.41) is 0. The second-order valence-corrected chi connectivity index (χ2v) is 12.7. The Labute approximate surface area is 147 Å². The van der Waals surface area contributed by atoms with Crippen molar-refractivity contribution in [1.82, 2.24) is 14.7 Å². The molecule has 0 heterocycles. The van der Waals surface area contributed by atoms with Crippen molar-refractivity contribution in [2.75, 3.05) is 69.0 Å². The Morgan fingerprint density at radius 1 is 0.783 bits per heavy atom. The van der Waals surface area contributed by atoms with Crippen LogP contribution in [0.2, 0.25) is 18.6 Å². The maximum absolute atomic E-state index is 6.06. The summed E-state index contributed by atoms with van der Waals surface area (Å²) in [6.45, 7) is 8.23. The normalized spacial score (nSPS) is 15.7. The smallest absolute Gasteiger partial charge is 0.189 e. The molecule has 0 saturated heterocycles. The van der Waals surface area contributed by atoms with E-state index < -0.39 is 8.32 Å². The standard InChI is InChI=1S/C18H43N3OSi/c1-10-23(9,22-8)17-18(11-14-19(2)3,12-15-20(4)5)13-16-21(6)7/h10-17H2,1-9H3. The van der Waals surface area contributed by atoms with Crippen LogP contribution in [0.15, 0.2) is 0 Å². The van der Waals surface area contributed by atoms with E-state index in [1.54, 1.807) is 0 Å². The molecule has 0 aromatic rings. The summed E-state index contributed by atoms with van der Waals surface area (Å²) in [6.07, 6.45) is 3.81. The number of nitrogens with zero attached hydrogens (tertiary/aromatic N) is 3. The molecule has 0 aliphatic heterocycles. The van der Waals surface area contributed by atoms with Gasteiger partial charge in [-0.15, -0.1) is 0 Å². The van der Waals surface area contributed by atoms with Crippen LogP contribution >= 0.6 is 0 Å². The summed E-state index contributed by atoms with van der Waals surface area (Å²) in [7, 11) is 13.5. The van der Waals surface area contributed by atoms with Crippen LogP contribution in [0.25, 0.3) is 0 Å². The lowest BCUT2D eigenvalue weighted by Crippen LogP contribution is -2.43. The SMILES string of the molecule is CC[Si](C)(CC(CCN(C)C)(CCN(C)C)CCN(C)C)OC. The van der Waals surface area contributed by atoms with Gasteiger partial charge in [-0.2, -0.15) is 0 Å². The number of rotatable bonds is 13. The molecular formula is C18H43N3OSi. The van der Waals surface area contributed by atoms with E-state index >= 15 is 0 Å². The zero-order valence-electron chi connectivity index (χ0n) is 17.4. The second-order valence-electron chi connectivity index (χ2n) is 8.34. The molecule has 0 saturated carbocycles. The van der Waals surface area contributed by atoms with Gasteiger partial charge in [-0.25, -0.2) is 0 Å². The fourth-order valence-corrected chi connectivity index (χ4v) is 5.96. The molecule has 5 heteroatoms. The van der Waals surface area contributed by atoms with Crippen molar-refractivity contribution < 1.29 is 4.43 Å². The minimum Gasteiger partial charge on any atom is -0.420 e. The van der Waals surface area contributed by atoms with Gasteiger partial charge in [-0.1, -0.05) is 6.92 Å². The van der Waals surface area contributed by atoms with Crippen LogP contribution in [-0.4, -0.2) is 92.0 Å². The first-order valence-corrected chi connectivity index (χ1v) is 11.9. The molecular weight excluding hydrogens is 302 g/mol. The van der Waals surface area contributed by atoms with Gasteiger partial charge < -0.3 is 19.1 Å². The third-order valence-corrected chi connectivity index (χ3v) is 9.24. The quantitative estimate of drug-likeness (QED) is 0.478. The van der Waals surface area contributed by atoms with E-state index in [1.807, 2.05) is 7.11 Å². The monoisotopic (exact) mass is 345 g/mol. The minimum atomic E-state index is -1.60. The summed E-state index contributed by atoms with van der Waals surface area (Å²) in [4.78, 5) is 6.99.